The first kappa shape index (κ1) is 16.9. The van der Waals surface area contributed by atoms with E-state index in [1.54, 1.807) is 6.92 Å². The zero-order chi connectivity index (χ0) is 15.2. The van der Waals surface area contributed by atoms with Gasteiger partial charge in [0.1, 0.15) is 6.04 Å². The zero-order valence-electron chi connectivity index (χ0n) is 11.4. The molecule has 1 rings (SSSR count). The Morgan fingerprint density at radius 2 is 1.90 bits per heavy atom. The third-order valence-corrected chi connectivity index (χ3v) is 4.30. The van der Waals surface area contributed by atoms with Crippen LogP contribution in [0.3, 0.4) is 0 Å². The highest BCUT2D eigenvalue weighted by atomic mass is 35.5. The van der Waals surface area contributed by atoms with Crippen molar-refractivity contribution in [1.82, 2.24) is 4.72 Å². The number of carbonyl (C=O) groups excluding carboxylic acids is 1. The molecule has 0 heterocycles. The SMILES string of the molecule is CCCOC(=O)C(CC)NS(=O)(=O)c1ccc(Cl)cc1. The fraction of sp³-hybridized carbons (Fsp3) is 0.462. The van der Waals surface area contributed by atoms with Crippen LogP contribution in [0.5, 0.6) is 0 Å². The molecule has 0 radical (unpaired) electrons. The number of nitrogens with one attached hydrogen (secondary N) is 1. The second-order valence-electron chi connectivity index (χ2n) is 4.20. The van der Waals surface area contributed by atoms with Gasteiger partial charge in [-0.05, 0) is 37.1 Å². The maximum atomic E-state index is 12.1. The van der Waals surface area contributed by atoms with E-state index in [0.29, 0.717) is 17.9 Å². The van der Waals surface area contributed by atoms with Gasteiger partial charge in [-0.1, -0.05) is 25.4 Å². The van der Waals surface area contributed by atoms with E-state index in [9.17, 15) is 13.2 Å². The monoisotopic (exact) mass is 319 g/mol. The molecule has 1 aromatic carbocycles. The van der Waals surface area contributed by atoms with Crippen molar-refractivity contribution in [2.24, 2.45) is 0 Å². The molecule has 0 saturated carbocycles. The van der Waals surface area contributed by atoms with Gasteiger partial charge in [0.15, 0.2) is 0 Å². The molecule has 0 spiro atoms. The smallest absolute Gasteiger partial charge is 0.324 e. The number of ether oxygens (including phenoxy) is 1. The molecule has 0 aliphatic carbocycles. The summed E-state index contributed by atoms with van der Waals surface area (Å²) in [6.45, 7) is 3.85. The number of rotatable bonds is 7. The standard InChI is InChI=1S/C13H18ClNO4S/c1-3-9-19-13(16)12(4-2)15-20(17,18)11-7-5-10(14)6-8-11/h5-8,12,15H,3-4,9H2,1-2H3. The molecule has 0 aliphatic rings. The lowest BCUT2D eigenvalue weighted by atomic mass is 10.2. The van der Waals surface area contributed by atoms with Gasteiger partial charge in [0, 0.05) is 5.02 Å². The number of carbonyl (C=O) groups is 1. The number of hydrogen-bond donors (Lipinski definition) is 1. The minimum Gasteiger partial charge on any atom is -0.465 e. The van der Waals surface area contributed by atoms with Gasteiger partial charge >= 0.3 is 5.97 Å². The van der Waals surface area contributed by atoms with Crippen LogP contribution in [0.4, 0.5) is 0 Å². The summed E-state index contributed by atoms with van der Waals surface area (Å²) in [5.41, 5.74) is 0. The number of esters is 1. The van der Waals surface area contributed by atoms with Crippen LogP contribution < -0.4 is 4.72 Å². The summed E-state index contributed by atoms with van der Waals surface area (Å²) in [6.07, 6.45) is 1.00. The summed E-state index contributed by atoms with van der Waals surface area (Å²) in [6, 6.07) is 4.84. The molecule has 0 fully saturated rings. The van der Waals surface area contributed by atoms with Crippen molar-refractivity contribution in [3.8, 4) is 0 Å². The highest BCUT2D eigenvalue weighted by Crippen LogP contribution is 2.14. The first-order chi connectivity index (χ1) is 9.40. The molecule has 0 aromatic heterocycles. The Morgan fingerprint density at radius 1 is 1.30 bits per heavy atom. The molecule has 7 heteroatoms. The Hall–Kier alpha value is -1.11. The van der Waals surface area contributed by atoms with E-state index in [0.717, 1.165) is 0 Å². The first-order valence-corrected chi connectivity index (χ1v) is 8.21. The van der Waals surface area contributed by atoms with Gasteiger partial charge in [-0.3, -0.25) is 4.79 Å². The van der Waals surface area contributed by atoms with Gasteiger partial charge in [0.25, 0.3) is 0 Å². The summed E-state index contributed by atoms with van der Waals surface area (Å²) in [5.74, 6) is -0.563. The van der Waals surface area contributed by atoms with Gasteiger partial charge in [0.05, 0.1) is 11.5 Å². The largest absolute Gasteiger partial charge is 0.465 e. The second kappa shape index (κ2) is 7.61. The minimum absolute atomic E-state index is 0.0589. The fourth-order valence-corrected chi connectivity index (χ4v) is 2.86. The average molecular weight is 320 g/mol. The number of halogens is 1. The summed E-state index contributed by atoms with van der Waals surface area (Å²) in [4.78, 5) is 11.8. The van der Waals surface area contributed by atoms with Crippen LogP contribution >= 0.6 is 11.6 Å². The van der Waals surface area contributed by atoms with Crippen molar-refractivity contribution in [2.75, 3.05) is 6.61 Å². The second-order valence-corrected chi connectivity index (χ2v) is 6.35. The summed E-state index contributed by atoms with van der Waals surface area (Å²) < 4.78 is 31.6. The first-order valence-electron chi connectivity index (χ1n) is 6.35. The Kier molecular flexibility index (Phi) is 6.45. The topological polar surface area (TPSA) is 72.5 Å². The van der Waals surface area contributed by atoms with Crippen LogP contribution in [0.1, 0.15) is 26.7 Å². The van der Waals surface area contributed by atoms with Crippen LogP contribution in [0.2, 0.25) is 5.02 Å². The normalized spacial score (nSPS) is 12.9. The minimum atomic E-state index is -3.77. The van der Waals surface area contributed by atoms with Crippen molar-refractivity contribution in [2.45, 2.75) is 37.6 Å². The highest BCUT2D eigenvalue weighted by Gasteiger charge is 2.25. The van der Waals surface area contributed by atoms with Gasteiger partial charge in [-0.15, -0.1) is 0 Å². The summed E-state index contributed by atoms with van der Waals surface area (Å²) in [5, 5.41) is 0.443. The Labute approximate surface area is 124 Å². The van der Waals surface area contributed by atoms with Crippen LogP contribution in [-0.4, -0.2) is 27.0 Å². The average Bonchev–Trinajstić information content (AvgIpc) is 2.42. The lowest BCUT2D eigenvalue weighted by Crippen LogP contribution is -2.41. The molecule has 0 bridgehead atoms. The number of benzene rings is 1. The zero-order valence-corrected chi connectivity index (χ0v) is 13.0. The van der Waals surface area contributed by atoms with E-state index in [4.69, 9.17) is 16.3 Å². The highest BCUT2D eigenvalue weighted by molar-refractivity contribution is 7.89. The Bertz CT molecular complexity index is 542. The lowest BCUT2D eigenvalue weighted by Gasteiger charge is -2.16. The summed E-state index contributed by atoms with van der Waals surface area (Å²) >= 11 is 5.71. The van der Waals surface area contributed by atoms with Gasteiger partial charge in [-0.2, -0.15) is 4.72 Å². The molecular weight excluding hydrogens is 302 g/mol. The third kappa shape index (κ3) is 4.77. The van der Waals surface area contributed by atoms with Crippen molar-refractivity contribution >= 4 is 27.6 Å². The van der Waals surface area contributed by atoms with Gasteiger partial charge in [-0.25, -0.2) is 8.42 Å². The number of sulfonamides is 1. The van der Waals surface area contributed by atoms with Crippen molar-refractivity contribution in [3.05, 3.63) is 29.3 Å². The Balaban J connectivity index is 2.82. The van der Waals surface area contributed by atoms with Crippen molar-refractivity contribution < 1.29 is 17.9 Å². The molecule has 0 saturated heterocycles. The molecule has 0 aliphatic heterocycles. The maximum Gasteiger partial charge on any atom is 0.324 e. The third-order valence-electron chi connectivity index (χ3n) is 2.56. The molecule has 1 N–H and O–H groups in total. The van der Waals surface area contributed by atoms with E-state index in [-0.39, 0.29) is 11.5 Å². The molecule has 112 valence electrons. The molecule has 1 atom stereocenters. The number of hydrogen-bond acceptors (Lipinski definition) is 4. The molecular formula is C13H18ClNO4S. The molecule has 1 unspecified atom stereocenters. The lowest BCUT2D eigenvalue weighted by molar-refractivity contribution is -0.145. The van der Waals surface area contributed by atoms with E-state index in [1.165, 1.54) is 24.3 Å². The van der Waals surface area contributed by atoms with Crippen LogP contribution in [-0.2, 0) is 19.6 Å². The molecule has 20 heavy (non-hydrogen) atoms. The predicted molar refractivity (Wildman–Crippen MR) is 77.1 cm³/mol. The van der Waals surface area contributed by atoms with Crippen molar-refractivity contribution in [1.29, 1.82) is 0 Å². The Morgan fingerprint density at radius 3 is 2.40 bits per heavy atom. The molecule has 0 amide bonds. The molecule has 5 nitrogen and oxygen atoms in total. The van der Waals surface area contributed by atoms with E-state index < -0.39 is 22.0 Å². The van der Waals surface area contributed by atoms with E-state index in [2.05, 4.69) is 4.72 Å². The van der Waals surface area contributed by atoms with Crippen molar-refractivity contribution in [3.63, 3.8) is 0 Å². The predicted octanol–water partition coefficient (Wildman–Crippen LogP) is 2.35. The van der Waals surface area contributed by atoms with Gasteiger partial charge < -0.3 is 4.74 Å². The van der Waals surface area contributed by atoms with E-state index >= 15 is 0 Å². The van der Waals surface area contributed by atoms with Crippen LogP contribution in [0.15, 0.2) is 29.2 Å². The van der Waals surface area contributed by atoms with Crippen LogP contribution in [0, 0.1) is 0 Å². The quantitative estimate of drug-likeness (QED) is 0.783. The van der Waals surface area contributed by atoms with Gasteiger partial charge in [0.2, 0.25) is 10.0 Å². The van der Waals surface area contributed by atoms with E-state index in [1.807, 2.05) is 6.92 Å². The fourth-order valence-electron chi connectivity index (χ4n) is 1.47. The maximum absolute atomic E-state index is 12.1. The molecule has 1 aromatic rings. The summed E-state index contributed by atoms with van der Waals surface area (Å²) in [7, 11) is -3.77. The van der Waals surface area contributed by atoms with Crippen LogP contribution in [0.25, 0.3) is 0 Å².